The molecular weight excluding hydrogens is 384 g/mol. The highest BCUT2D eigenvalue weighted by Gasteiger charge is 2.27. The number of carbonyl (C=O) groups excluding carboxylic acids is 1. The van der Waals surface area contributed by atoms with Gasteiger partial charge in [-0.1, -0.05) is 43.3 Å². The second kappa shape index (κ2) is 8.16. The van der Waals surface area contributed by atoms with Gasteiger partial charge < -0.3 is 4.74 Å². The van der Waals surface area contributed by atoms with Crippen LogP contribution in [0.25, 0.3) is 10.8 Å². The summed E-state index contributed by atoms with van der Waals surface area (Å²) in [7, 11) is -2.43. The van der Waals surface area contributed by atoms with Crippen molar-refractivity contribution in [3.8, 4) is 0 Å². The van der Waals surface area contributed by atoms with Gasteiger partial charge in [-0.05, 0) is 17.9 Å². The van der Waals surface area contributed by atoms with Crippen molar-refractivity contribution in [1.82, 2.24) is 9.29 Å². The Labute approximate surface area is 162 Å². The molecule has 0 bridgehead atoms. The van der Waals surface area contributed by atoms with Gasteiger partial charge in [0.15, 0.2) is 5.69 Å². The number of hydrogen-bond donors (Lipinski definition) is 0. The lowest BCUT2D eigenvalue weighted by atomic mass is 10.1. The SMILES string of the molecule is CCCN(Cc1nc(C(=O)OC)cs1)S(=O)(=O)c1cccc2ccccc12. The predicted molar refractivity (Wildman–Crippen MR) is 105 cm³/mol. The molecule has 0 fully saturated rings. The molecule has 0 spiro atoms. The highest BCUT2D eigenvalue weighted by Crippen LogP contribution is 2.27. The van der Waals surface area contributed by atoms with E-state index in [-0.39, 0.29) is 17.1 Å². The number of benzene rings is 2. The van der Waals surface area contributed by atoms with E-state index in [1.807, 2.05) is 37.3 Å². The molecule has 27 heavy (non-hydrogen) atoms. The zero-order valence-corrected chi connectivity index (χ0v) is 16.7. The Morgan fingerprint density at radius 3 is 2.67 bits per heavy atom. The van der Waals surface area contributed by atoms with Crippen LogP contribution < -0.4 is 0 Å². The summed E-state index contributed by atoms with van der Waals surface area (Å²) in [5.74, 6) is -0.531. The average Bonchev–Trinajstić information content (AvgIpc) is 3.15. The van der Waals surface area contributed by atoms with E-state index in [1.54, 1.807) is 17.5 Å². The number of sulfonamides is 1. The van der Waals surface area contributed by atoms with E-state index in [0.717, 1.165) is 5.39 Å². The lowest BCUT2D eigenvalue weighted by Gasteiger charge is -2.21. The van der Waals surface area contributed by atoms with E-state index < -0.39 is 16.0 Å². The molecule has 0 unspecified atom stereocenters. The van der Waals surface area contributed by atoms with E-state index in [4.69, 9.17) is 0 Å². The number of aromatic nitrogens is 1. The molecule has 8 heteroatoms. The molecule has 0 aliphatic heterocycles. The van der Waals surface area contributed by atoms with Crippen molar-refractivity contribution in [1.29, 1.82) is 0 Å². The number of fused-ring (bicyclic) bond motifs is 1. The molecule has 2 aromatic carbocycles. The smallest absolute Gasteiger partial charge is 0.357 e. The van der Waals surface area contributed by atoms with Crippen LogP contribution in [0.2, 0.25) is 0 Å². The Kier molecular flexibility index (Phi) is 5.88. The van der Waals surface area contributed by atoms with Crippen LogP contribution in [0, 0.1) is 0 Å². The Balaban J connectivity index is 1.98. The number of ether oxygens (including phenoxy) is 1. The molecule has 0 aliphatic rings. The van der Waals surface area contributed by atoms with Crippen molar-refractivity contribution in [2.45, 2.75) is 24.8 Å². The molecule has 0 aliphatic carbocycles. The maximum atomic E-state index is 13.3. The standard InChI is InChI=1S/C19H20N2O4S2/c1-3-11-21(12-18-20-16(13-26-18)19(22)25-2)27(23,24)17-10-6-8-14-7-4-5-9-15(14)17/h4-10,13H,3,11-12H2,1-2H3. The highest BCUT2D eigenvalue weighted by molar-refractivity contribution is 7.89. The van der Waals surface area contributed by atoms with Crippen LogP contribution in [0.3, 0.4) is 0 Å². The highest BCUT2D eigenvalue weighted by atomic mass is 32.2. The number of esters is 1. The van der Waals surface area contributed by atoms with Gasteiger partial charge in [0.25, 0.3) is 0 Å². The summed E-state index contributed by atoms with van der Waals surface area (Å²) in [6.07, 6.45) is 0.666. The Hall–Kier alpha value is -2.29. The molecule has 1 aromatic heterocycles. The number of rotatable bonds is 7. The summed E-state index contributed by atoms with van der Waals surface area (Å²) in [5, 5.41) is 3.69. The van der Waals surface area contributed by atoms with E-state index in [1.165, 1.54) is 22.8 Å². The second-order valence-electron chi connectivity index (χ2n) is 5.93. The fraction of sp³-hybridized carbons (Fsp3) is 0.263. The van der Waals surface area contributed by atoms with Crippen molar-refractivity contribution in [2.75, 3.05) is 13.7 Å². The fourth-order valence-corrected chi connectivity index (χ4v) is 5.39. The van der Waals surface area contributed by atoms with E-state index in [0.29, 0.717) is 23.4 Å². The largest absolute Gasteiger partial charge is 0.464 e. The van der Waals surface area contributed by atoms with Crippen LogP contribution in [-0.2, 0) is 21.3 Å². The van der Waals surface area contributed by atoms with Crippen LogP contribution >= 0.6 is 11.3 Å². The molecule has 0 saturated carbocycles. The van der Waals surface area contributed by atoms with Crippen LogP contribution in [0.1, 0.15) is 28.8 Å². The summed E-state index contributed by atoms with van der Waals surface area (Å²) >= 11 is 1.24. The second-order valence-corrected chi connectivity index (χ2v) is 8.78. The summed E-state index contributed by atoms with van der Waals surface area (Å²) in [5.41, 5.74) is 0.191. The lowest BCUT2D eigenvalue weighted by Crippen LogP contribution is -2.31. The third-order valence-corrected chi connectivity index (χ3v) is 6.84. The van der Waals surface area contributed by atoms with Crippen molar-refractivity contribution in [3.05, 3.63) is 58.5 Å². The molecule has 3 rings (SSSR count). The third kappa shape index (κ3) is 4.02. The zero-order chi connectivity index (χ0) is 19.4. The molecule has 3 aromatic rings. The molecule has 0 N–H and O–H groups in total. The normalized spacial score (nSPS) is 11.8. The minimum Gasteiger partial charge on any atom is -0.464 e. The topological polar surface area (TPSA) is 76.6 Å². The first kappa shape index (κ1) is 19.5. The molecule has 142 valence electrons. The third-order valence-electron chi connectivity index (χ3n) is 4.10. The molecule has 0 radical (unpaired) electrons. The Morgan fingerprint density at radius 2 is 1.93 bits per heavy atom. The monoisotopic (exact) mass is 404 g/mol. The van der Waals surface area contributed by atoms with E-state index in [9.17, 15) is 13.2 Å². The molecule has 1 heterocycles. The van der Waals surface area contributed by atoms with Gasteiger partial charge in [0.2, 0.25) is 10.0 Å². The van der Waals surface area contributed by atoms with E-state index >= 15 is 0 Å². The molecule has 0 amide bonds. The van der Waals surface area contributed by atoms with Gasteiger partial charge in [-0.25, -0.2) is 18.2 Å². The number of hydrogen-bond acceptors (Lipinski definition) is 6. The first-order chi connectivity index (χ1) is 13.0. The fourth-order valence-electron chi connectivity index (χ4n) is 2.83. The van der Waals surface area contributed by atoms with Crippen molar-refractivity contribution >= 4 is 38.1 Å². The first-order valence-electron chi connectivity index (χ1n) is 8.48. The molecule has 0 saturated heterocycles. The summed E-state index contributed by atoms with van der Waals surface area (Å²) < 4.78 is 32.8. The number of nitrogens with zero attached hydrogens (tertiary/aromatic N) is 2. The van der Waals surface area contributed by atoms with Gasteiger partial charge in [0, 0.05) is 17.3 Å². The van der Waals surface area contributed by atoms with Gasteiger partial charge in [-0.15, -0.1) is 11.3 Å². The zero-order valence-electron chi connectivity index (χ0n) is 15.1. The average molecular weight is 405 g/mol. The first-order valence-corrected chi connectivity index (χ1v) is 10.8. The van der Waals surface area contributed by atoms with E-state index in [2.05, 4.69) is 9.72 Å². The minimum absolute atomic E-state index is 0.112. The van der Waals surface area contributed by atoms with Gasteiger partial charge in [-0.2, -0.15) is 4.31 Å². The number of carbonyl (C=O) groups is 1. The molecular formula is C19H20N2O4S2. The van der Waals surface area contributed by atoms with Gasteiger partial charge in [0.05, 0.1) is 18.6 Å². The maximum absolute atomic E-state index is 13.3. The van der Waals surface area contributed by atoms with Crippen LogP contribution in [0.5, 0.6) is 0 Å². The number of thiazole rings is 1. The van der Waals surface area contributed by atoms with Crippen molar-refractivity contribution in [3.63, 3.8) is 0 Å². The van der Waals surface area contributed by atoms with Crippen LogP contribution in [-0.4, -0.2) is 37.3 Å². The van der Waals surface area contributed by atoms with Crippen LogP contribution in [0.15, 0.2) is 52.7 Å². The number of methoxy groups -OCH3 is 1. The summed E-state index contributed by atoms with van der Waals surface area (Å²) in [4.78, 5) is 16.1. The van der Waals surface area contributed by atoms with Gasteiger partial charge >= 0.3 is 5.97 Å². The van der Waals surface area contributed by atoms with Crippen molar-refractivity contribution < 1.29 is 17.9 Å². The maximum Gasteiger partial charge on any atom is 0.357 e. The summed E-state index contributed by atoms with van der Waals surface area (Å²) in [6.45, 7) is 2.40. The van der Waals surface area contributed by atoms with Crippen molar-refractivity contribution in [2.24, 2.45) is 0 Å². The predicted octanol–water partition coefficient (Wildman–Crippen LogP) is 3.68. The minimum atomic E-state index is -3.72. The quantitative estimate of drug-likeness (QED) is 0.562. The van der Waals surface area contributed by atoms with Gasteiger partial charge in [0.1, 0.15) is 5.01 Å². The summed E-state index contributed by atoms with van der Waals surface area (Å²) in [6, 6.07) is 12.7. The lowest BCUT2D eigenvalue weighted by molar-refractivity contribution is 0.0594. The molecule has 0 atom stereocenters. The van der Waals surface area contributed by atoms with Crippen LogP contribution in [0.4, 0.5) is 0 Å². The van der Waals surface area contributed by atoms with Gasteiger partial charge in [-0.3, -0.25) is 0 Å². The Bertz CT molecular complexity index is 1060. The molecule has 6 nitrogen and oxygen atoms in total. The Morgan fingerprint density at radius 1 is 1.19 bits per heavy atom.